The summed E-state index contributed by atoms with van der Waals surface area (Å²) in [7, 11) is 0. The van der Waals surface area contributed by atoms with Gasteiger partial charge in [-0.25, -0.2) is 13.8 Å². The van der Waals surface area contributed by atoms with Crippen molar-refractivity contribution in [2.75, 3.05) is 0 Å². The van der Waals surface area contributed by atoms with E-state index in [0.29, 0.717) is 0 Å². The van der Waals surface area contributed by atoms with Crippen LogP contribution in [-0.4, -0.2) is 14.7 Å². The van der Waals surface area contributed by atoms with Gasteiger partial charge in [0.05, 0.1) is 16.6 Å². The smallest absolute Gasteiger partial charge is 0.333 e. The van der Waals surface area contributed by atoms with Crippen molar-refractivity contribution in [2.45, 2.75) is 0 Å². The number of H-pyrrole nitrogens is 1. The third kappa shape index (κ3) is 1.78. The highest BCUT2D eigenvalue weighted by Crippen LogP contribution is 2.18. The molecule has 0 aliphatic carbocycles. The van der Waals surface area contributed by atoms with Gasteiger partial charge in [0.1, 0.15) is 11.6 Å². The lowest BCUT2D eigenvalue weighted by Gasteiger charge is -2.07. The van der Waals surface area contributed by atoms with Crippen LogP contribution in [0.2, 0.25) is 0 Å². The molecule has 3 aromatic rings. The molecule has 1 heterocycles. The van der Waals surface area contributed by atoms with E-state index in [2.05, 4.69) is 4.98 Å². The van der Waals surface area contributed by atoms with Crippen LogP contribution in [0.25, 0.3) is 16.6 Å². The first kappa shape index (κ1) is 12.2. The summed E-state index contributed by atoms with van der Waals surface area (Å²) >= 11 is 0. The first-order valence-electron chi connectivity index (χ1n) is 5.81. The van der Waals surface area contributed by atoms with Crippen LogP contribution in [-0.2, 0) is 0 Å². The van der Waals surface area contributed by atoms with E-state index >= 15 is 0 Å². The number of para-hydroxylation sites is 1. The highest BCUT2D eigenvalue weighted by Gasteiger charge is 2.11. The number of fused-ring (bicyclic) bond motifs is 1. The molecule has 100 valence electrons. The van der Waals surface area contributed by atoms with Crippen LogP contribution in [0.1, 0.15) is 0 Å². The van der Waals surface area contributed by atoms with Crippen LogP contribution >= 0.6 is 0 Å². The second-order valence-electron chi connectivity index (χ2n) is 4.25. The van der Waals surface area contributed by atoms with E-state index in [0.717, 1.165) is 16.7 Å². The summed E-state index contributed by atoms with van der Waals surface area (Å²) in [6.45, 7) is 0. The van der Waals surface area contributed by atoms with Crippen LogP contribution < -0.4 is 11.2 Å². The van der Waals surface area contributed by atoms with E-state index in [9.17, 15) is 19.1 Å². The number of benzene rings is 2. The third-order valence-electron chi connectivity index (χ3n) is 3.00. The van der Waals surface area contributed by atoms with Gasteiger partial charge in [-0.1, -0.05) is 6.07 Å². The van der Waals surface area contributed by atoms with E-state index in [4.69, 9.17) is 0 Å². The van der Waals surface area contributed by atoms with Gasteiger partial charge in [0.25, 0.3) is 5.56 Å². The van der Waals surface area contributed by atoms with Crippen molar-refractivity contribution in [1.82, 2.24) is 9.55 Å². The molecule has 0 spiro atoms. The Kier molecular flexibility index (Phi) is 2.64. The number of hydrogen-bond donors (Lipinski definition) is 2. The van der Waals surface area contributed by atoms with E-state index in [1.165, 1.54) is 30.3 Å². The molecule has 2 N–H and O–H groups in total. The molecular formula is C14H9FN2O3. The molecule has 0 aliphatic rings. The number of halogens is 1. The molecule has 0 fully saturated rings. The summed E-state index contributed by atoms with van der Waals surface area (Å²) in [6, 6.07) is 9.36. The van der Waals surface area contributed by atoms with Crippen molar-refractivity contribution in [3.8, 4) is 11.4 Å². The van der Waals surface area contributed by atoms with Crippen LogP contribution in [0.15, 0.2) is 52.1 Å². The van der Waals surface area contributed by atoms with E-state index < -0.39 is 17.1 Å². The molecule has 0 bridgehead atoms. The fourth-order valence-electron chi connectivity index (χ4n) is 2.05. The third-order valence-corrected chi connectivity index (χ3v) is 3.00. The standard InChI is InChI=1S/C14H9FN2O3/c15-8-4-6-9(7-5-8)17-13(19)10-2-1-3-11(18)12(10)16-14(17)20/h1-7,18H,(H,16,20). The Morgan fingerprint density at radius 3 is 2.45 bits per heavy atom. The molecule has 0 atom stereocenters. The lowest BCUT2D eigenvalue weighted by molar-refractivity contribution is 0.480. The van der Waals surface area contributed by atoms with Crippen molar-refractivity contribution in [3.63, 3.8) is 0 Å². The Hall–Kier alpha value is -2.89. The molecule has 2 aromatic carbocycles. The molecule has 3 rings (SSSR count). The summed E-state index contributed by atoms with van der Waals surface area (Å²) in [5, 5.41) is 9.83. The number of rotatable bonds is 1. The number of aromatic hydroxyl groups is 1. The minimum Gasteiger partial charge on any atom is -0.506 e. The fourth-order valence-corrected chi connectivity index (χ4v) is 2.05. The molecule has 0 saturated carbocycles. The monoisotopic (exact) mass is 272 g/mol. The molecule has 6 heteroatoms. The predicted octanol–water partition coefficient (Wildman–Crippen LogP) is 1.52. The molecule has 0 radical (unpaired) electrons. The predicted molar refractivity (Wildman–Crippen MR) is 71.8 cm³/mol. The highest BCUT2D eigenvalue weighted by atomic mass is 19.1. The second kappa shape index (κ2) is 4.34. The Balaban J connectivity index is 2.41. The van der Waals surface area contributed by atoms with Gasteiger partial charge in [0, 0.05) is 0 Å². The Labute approximate surface area is 111 Å². The lowest BCUT2D eigenvalue weighted by atomic mass is 10.2. The van der Waals surface area contributed by atoms with Gasteiger partial charge in [-0.2, -0.15) is 0 Å². The molecule has 20 heavy (non-hydrogen) atoms. The van der Waals surface area contributed by atoms with Crippen LogP contribution in [0.5, 0.6) is 5.75 Å². The minimum atomic E-state index is -0.699. The highest BCUT2D eigenvalue weighted by molar-refractivity contribution is 5.83. The zero-order valence-corrected chi connectivity index (χ0v) is 10.1. The van der Waals surface area contributed by atoms with Gasteiger partial charge in [0.15, 0.2) is 0 Å². The number of aromatic nitrogens is 2. The normalized spacial score (nSPS) is 10.8. The number of aromatic amines is 1. The number of hydrogen-bond acceptors (Lipinski definition) is 3. The van der Waals surface area contributed by atoms with E-state index in [1.54, 1.807) is 0 Å². The molecule has 5 nitrogen and oxygen atoms in total. The van der Waals surface area contributed by atoms with Crippen molar-refractivity contribution in [1.29, 1.82) is 0 Å². The molecule has 1 aromatic heterocycles. The van der Waals surface area contributed by atoms with Crippen molar-refractivity contribution in [3.05, 3.63) is 69.1 Å². The van der Waals surface area contributed by atoms with Crippen molar-refractivity contribution < 1.29 is 9.50 Å². The summed E-state index contributed by atoms with van der Waals surface area (Å²) in [5.41, 5.74) is -0.939. The Bertz CT molecular complexity index is 910. The molecule has 0 aliphatic heterocycles. The summed E-state index contributed by atoms with van der Waals surface area (Å²) in [6.07, 6.45) is 0. The molecule has 0 saturated heterocycles. The maximum Gasteiger partial charge on any atom is 0.333 e. The van der Waals surface area contributed by atoms with Gasteiger partial charge in [-0.15, -0.1) is 0 Å². The summed E-state index contributed by atoms with van der Waals surface area (Å²) < 4.78 is 13.8. The lowest BCUT2D eigenvalue weighted by Crippen LogP contribution is -2.33. The Morgan fingerprint density at radius 2 is 1.75 bits per heavy atom. The topological polar surface area (TPSA) is 75.1 Å². The summed E-state index contributed by atoms with van der Waals surface area (Å²) in [5.74, 6) is -0.639. The average Bonchev–Trinajstić information content (AvgIpc) is 2.42. The Morgan fingerprint density at radius 1 is 1.05 bits per heavy atom. The zero-order chi connectivity index (χ0) is 14.3. The van der Waals surface area contributed by atoms with Gasteiger partial charge in [-0.3, -0.25) is 4.79 Å². The molecular weight excluding hydrogens is 263 g/mol. The molecule has 0 unspecified atom stereocenters. The van der Waals surface area contributed by atoms with E-state index in [1.807, 2.05) is 0 Å². The van der Waals surface area contributed by atoms with Gasteiger partial charge in [-0.05, 0) is 36.4 Å². The van der Waals surface area contributed by atoms with Gasteiger partial charge >= 0.3 is 5.69 Å². The first-order chi connectivity index (χ1) is 9.58. The van der Waals surface area contributed by atoms with Gasteiger partial charge < -0.3 is 10.1 Å². The maximum atomic E-state index is 12.9. The number of phenols is 1. The van der Waals surface area contributed by atoms with Crippen molar-refractivity contribution in [2.24, 2.45) is 0 Å². The number of nitrogens with zero attached hydrogens (tertiary/aromatic N) is 1. The number of nitrogens with one attached hydrogen (secondary N) is 1. The average molecular weight is 272 g/mol. The quantitative estimate of drug-likeness (QED) is 0.705. The van der Waals surface area contributed by atoms with Gasteiger partial charge in [0.2, 0.25) is 0 Å². The largest absolute Gasteiger partial charge is 0.506 e. The maximum absolute atomic E-state index is 12.9. The van der Waals surface area contributed by atoms with Crippen LogP contribution in [0, 0.1) is 5.82 Å². The molecule has 0 amide bonds. The second-order valence-corrected chi connectivity index (χ2v) is 4.25. The SMILES string of the molecule is O=c1[nH]c2c(O)cccc2c(=O)n1-c1ccc(F)cc1. The minimum absolute atomic E-state index is 0.0841. The summed E-state index contributed by atoms with van der Waals surface area (Å²) in [4.78, 5) is 26.8. The van der Waals surface area contributed by atoms with E-state index in [-0.39, 0.29) is 22.3 Å². The fraction of sp³-hybridized carbons (Fsp3) is 0. The zero-order valence-electron chi connectivity index (χ0n) is 10.1. The number of phenolic OH excluding ortho intramolecular Hbond substituents is 1. The first-order valence-corrected chi connectivity index (χ1v) is 5.81. The van der Waals surface area contributed by atoms with Crippen LogP contribution in [0.4, 0.5) is 4.39 Å². The van der Waals surface area contributed by atoms with Crippen LogP contribution in [0.3, 0.4) is 0 Å². The van der Waals surface area contributed by atoms with Crippen molar-refractivity contribution >= 4 is 10.9 Å².